The molecule has 0 saturated carbocycles. The van der Waals surface area contributed by atoms with Crippen molar-refractivity contribution in [2.24, 2.45) is 5.10 Å². The monoisotopic (exact) mass is 338 g/mol. The van der Waals surface area contributed by atoms with Crippen LogP contribution in [0.15, 0.2) is 35.4 Å². The molecule has 130 valence electrons. The fraction of sp³-hybridized carbons (Fsp3) is 0.444. The van der Waals surface area contributed by atoms with Crippen LogP contribution >= 0.6 is 0 Å². The lowest BCUT2D eigenvalue weighted by atomic mass is 10.1. The van der Waals surface area contributed by atoms with Crippen LogP contribution in [0.5, 0.6) is 0 Å². The summed E-state index contributed by atoms with van der Waals surface area (Å²) in [6, 6.07) is 10.3. The van der Waals surface area contributed by atoms with Gasteiger partial charge in [-0.2, -0.15) is 10.2 Å². The van der Waals surface area contributed by atoms with E-state index in [0.717, 1.165) is 48.7 Å². The van der Waals surface area contributed by atoms with Crippen LogP contribution in [0.3, 0.4) is 0 Å². The summed E-state index contributed by atoms with van der Waals surface area (Å²) in [6.45, 7) is 3.63. The number of benzene rings is 1. The number of fused-ring (bicyclic) bond motifs is 1. The molecule has 1 aromatic carbocycles. The van der Waals surface area contributed by atoms with Gasteiger partial charge >= 0.3 is 0 Å². The number of hydrogen-bond donors (Lipinski definition) is 1. The van der Waals surface area contributed by atoms with E-state index in [-0.39, 0.29) is 11.9 Å². The van der Waals surface area contributed by atoms with Gasteiger partial charge in [-0.3, -0.25) is 4.79 Å². The van der Waals surface area contributed by atoms with Gasteiger partial charge in [0.05, 0.1) is 25.3 Å². The van der Waals surface area contributed by atoms with Crippen LogP contribution in [-0.4, -0.2) is 50.5 Å². The Labute approximate surface area is 146 Å². The third-order valence-electron chi connectivity index (χ3n) is 4.70. The molecule has 0 fully saturated rings. The molecule has 0 spiro atoms. The van der Waals surface area contributed by atoms with Crippen LogP contribution < -0.4 is 5.32 Å². The van der Waals surface area contributed by atoms with Gasteiger partial charge < -0.3 is 5.32 Å². The van der Waals surface area contributed by atoms with E-state index in [1.807, 2.05) is 41.9 Å². The molecule has 1 unspecified atom stereocenters. The first-order chi connectivity index (χ1) is 12.2. The molecule has 4 rings (SSSR count). The highest BCUT2D eigenvalue weighted by Gasteiger charge is 2.24. The van der Waals surface area contributed by atoms with E-state index in [1.54, 1.807) is 5.01 Å². The molecule has 0 radical (unpaired) electrons. The summed E-state index contributed by atoms with van der Waals surface area (Å²) in [6.07, 6.45) is 2.68. The molecule has 0 bridgehead atoms. The van der Waals surface area contributed by atoms with Crippen molar-refractivity contribution in [2.45, 2.75) is 38.8 Å². The predicted molar refractivity (Wildman–Crippen MR) is 94.2 cm³/mol. The number of nitrogens with zero attached hydrogens (tertiary/aromatic N) is 5. The lowest BCUT2D eigenvalue weighted by molar-refractivity contribution is -0.129. The lowest BCUT2D eigenvalue weighted by Crippen LogP contribution is -2.43. The summed E-state index contributed by atoms with van der Waals surface area (Å²) in [5.74, 6) is 1.87. The SMILES string of the molecule is Cc1nc2n(n1)CC(NCC(=O)N1CCC(c3ccccc3)=N1)CC2. The van der Waals surface area contributed by atoms with Crippen molar-refractivity contribution in [1.29, 1.82) is 0 Å². The molecule has 2 aliphatic rings. The Kier molecular flexibility index (Phi) is 4.31. The second-order valence-corrected chi connectivity index (χ2v) is 6.55. The second-order valence-electron chi connectivity index (χ2n) is 6.55. The number of aromatic nitrogens is 3. The first-order valence-corrected chi connectivity index (χ1v) is 8.76. The molecule has 7 heteroatoms. The van der Waals surface area contributed by atoms with Gasteiger partial charge in [-0.15, -0.1) is 0 Å². The van der Waals surface area contributed by atoms with Crippen LogP contribution in [0, 0.1) is 6.92 Å². The topological polar surface area (TPSA) is 75.4 Å². The average Bonchev–Trinajstić information content (AvgIpc) is 3.26. The third-order valence-corrected chi connectivity index (χ3v) is 4.70. The molecule has 2 aromatic rings. The van der Waals surface area contributed by atoms with Crippen LogP contribution in [0.4, 0.5) is 0 Å². The van der Waals surface area contributed by atoms with E-state index in [0.29, 0.717) is 13.1 Å². The highest BCUT2D eigenvalue weighted by Crippen LogP contribution is 2.15. The van der Waals surface area contributed by atoms with Crippen LogP contribution in [0.2, 0.25) is 0 Å². The fourth-order valence-corrected chi connectivity index (χ4v) is 3.39. The molecule has 1 amide bonds. The van der Waals surface area contributed by atoms with Crippen LogP contribution in [-0.2, 0) is 17.8 Å². The number of nitrogens with one attached hydrogen (secondary N) is 1. The maximum atomic E-state index is 12.4. The average molecular weight is 338 g/mol. The van der Waals surface area contributed by atoms with Crippen molar-refractivity contribution < 1.29 is 4.79 Å². The van der Waals surface area contributed by atoms with Gasteiger partial charge in [0.2, 0.25) is 0 Å². The predicted octanol–water partition coefficient (Wildman–Crippen LogP) is 1.13. The number of carbonyl (C=O) groups is 1. The summed E-state index contributed by atoms with van der Waals surface area (Å²) in [7, 11) is 0. The second kappa shape index (κ2) is 6.76. The van der Waals surface area contributed by atoms with E-state index in [1.165, 1.54) is 0 Å². The number of rotatable bonds is 4. The summed E-state index contributed by atoms with van der Waals surface area (Å²) in [5, 5.41) is 13.8. The Morgan fingerprint density at radius 3 is 2.96 bits per heavy atom. The zero-order valence-electron chi connectivity index (χ0n) is 14.4. The summed E-state index contributed by atoms with van der Waals surface area (Å²) in [4.78, 5) is 16.8. The van der Waals surface area contributed by atoms with E-state index in [4.69, 9.17) is 0 Å². The van der Waals surface area contributed by atoms with Gasteiger partial charge in [0.25, 0.3) is 5.91 Å². The molecule has 3 heterocycles. The van der Waals surface area contributed by atoms with E-state index in [9.17, 15) is 4.79 Å². The minimum absolute atomic E-state index is 0.0199. The Bertz CT molecular complexity index is 797. The molecule has 1 aromatic heterocycles. The minimum atomic E-state index is 0.0199. The molecule has 0 aliphatic carbocycles. The molecule has 1 atom stereocenters. The Hall–Kier alpha value is -2.54. The van der Waals surface area contributed by atoms with Crippen molar-refractivity contribution in [3.05, 3.63) is 47.5 Å². The standard InChI is InChI=1S/C18H22N6O/c1-13-20-17-8-7-15(12-24(17)21-13)19-11-18(25)23-10-9-16(22-23)14-5-3-2-4-6-14/h2-6,15,19H,7-12H2,1H3. The molecule has 1 N–H and O–H groups in total. The Balaban J connectivity index is 1.32. The van der Waals surface area contributed by atoms with Gasteiger partial charge in [0.15, 0.2) is 0 Å². The molecule has 0 saturated heterocycles. The highest BCUT2D eigenvalue weighted by atomic mass is 16.2. The largest absolute Gasteiger partial charge is 0.304 e. The van der Waals surface area contributed by atoms with Gasteiger partial charge in [-0.25, -0.2) is 14.7 Å². The Morgan fingerprint density at radius 1 is 1.28 bits per heavy atom. The van der Waals surface area contributed by atoms with Gasteiger partial charge in [-0.1, -0.05) is 30.3 Å². The smallest absolute Gasteiger partial charge is 0.256 e. The summed E-state index contributed by atoms with van der Waals surface area (Å²) < 4.78 is 1.95. The Morgan fingerprint density at radius 2 is 2.12 bits per heavy atom. The normalized spacial score (nSPS) is 19.6. The van der Waals surface area contributed by atoms with Gasteiger partial charge in [0.1, 0.15) is 11.6 Å². The zero-order chi connectivity index (χ0) is 17.2. The molecule has 7 nitrogen and oxygen atoms in total. The molecule has 2 aliphatic heterocycles. The van der Waals surface area contributed by atoms with Crippen LogP contribution in [0.1, 0.15) is 30.1 Å². The first kappa shape index (κ1) is 16.0. The maximum absolute atomic E-state index is 12.4. The summed E-state index contributed by atoms with van der Waals surface area (Å²) in [5.41, 5.74) is 2.07. The minimum Gasteiger partial charge on any atom is -0.304 e. The number of carbonyl (C=O) groups excluding carboxylic acids is 1. The van der Waals surface area contributed by atoms with Crippen molar-refractivity contribution in [3.8, 4) is 0 Å². The maximum Gasteiger partial charge on any atom is 0.256 e. The highest BCUT2D eigenvalue weighted by molar-refractivity contribution is 6.02. The fourth-order valence-electron chi connectivity index (χ4n) is 3.39. The number of aryl methyl sites for hydroxylation is 2. The number of hydrazone groups is 1. The number of hydrogen-bond acceptors (Lipinski definition) is 5. The van der Waals surface area contributed by atoms with Gasteiger partial charge in [0, 0.05) is 18.9 Å². The molecular formula is C18H22N6O. The summed E-state index contributed by atoms with van der Waals surface area (Å²) >= 11 is 0. The van der Waals surface area contributed by atoms with Crippen LogP contribution in [0.25, 0.3) is 0 Å². The van der Waals surface area contributed by atoms with E-state index < -0.39 is 0 Å². The first-order valence-electron chi connectivity index (χ1n) is 8.76. The van der Waals surface area contributed by atoms with E-state index in [2.05, 4.69) is 20.5 Å². The molecule has 25 heavy (non-hydrogen) atoms. The molecular weight excluding hydrogens is 316 g/mol. The van der Waals surface area contributed by atoms with Crippen molar-refractivity contribution in [1.82, 2.24) is 25.1 Å². The number of amides is 1. The lowest BCUT2D eigenvalue weighted by Gasteiger charge is -2.24. The van der Waals surface area contributed by atoms with Gasteiger partial charge in [-0.05, 0) is 18.9 Å². The van der Waals surface area contributed by atoms with Crippen molar-refractivity contribution in [2.75, 3.05) is 13.1 Å². The third kappa shape index (κ3) is 3.46. The van der Waals surface area contributed by atoms with E-state index >= 15 is 0 Å². The zero-order valence-corrected chi connectivity index (χ0v) is 14.4. The quantitative estimate of drug-likeness (QED) is 0.907. The van der Waals surface area contributed by atoms with Crippen molar-refractivity contribution >= 4 is 11.6 Å². The van der Waals surface area contributed by atoms with Crippen molar-refractivity contribution in [3.63, 3.8) is 0 Å².